The number of rotatable bonds is 3. The maximum atomic E-state index is 5.56. The number of aryl methyl sites for hydroxylation is 1. The Morgan fingerprint density at radius 1 is 1.11 bits per heavy atom. The zero-order valence-corrected chi connectivity index (χ0v) is 12.3. The first-order valence-electron chi connectivity index (χ1n) is 5.49. The van der Waals surface area contributed by atoms with Crippen LogP contribution in [0.3, 0.4) is 0 Å². The first-order chi connectivity index (χ1) is 8.56. The number of nitrogens with one attached hydrogen (secondary N) is 1. The standard InChI is InChI=1S/C14H13BrN2S/c1-9-8-12(6-7-13(9)15)17-11-4-2-10(3-5-11)14(16)18/h2-8,17H,1H3,(H2,16,18). The van der Waals surface area contributed by atoms with E-state index >= 15 is 0 Å². The predicted molar refractivity (Wildman–Crippen MR) is 84.5 cm³/mol. The summed E-state index contributed by atoms with van der Waals surface area (Å²) in [6, 6.07) is 13.9. The minimum atomic E-state index is 0.418. The number of nitrogens with two attached hydrogens (primary N) is 1. The average Bonchev–Trinajstić information content (AvgIpc) is 2.34. The van der Waals surface area contributed by atoms with Crippen LogP contribution in [0.1, 0.15) is 11.1 Å². The van der Waals surface area contributed by atoms with E-state index in [-0.39, 0.29) is 0 Å². The largest absolute Gasteiger partial charge is 0.389 e. The topological polar surface area (TPSA) is 38.0 Å². The first kappa shape index (κ1) is 13.1. The minimum absolute atomic E-state index is 0.418. The summed E-state index contributed by atoms with van der Waals surface area (Å²) in [7, 11) is 0. The summed E-state index contributed by atoms with van der Waals surface area (Å²) in [5.41, 5.74) is 9.70. The second-order valence-electron chi connectivity index (χ2n) is 4.03. The smallest absolute Gasteiger partial charge is 0.103 e. The highest BCUT2D eigenvalue weighted by Gasteiger charge is 1.99. The van der Waals surface area contributed by atoms with Crippen LogP contribution < -0.4 is 11.1 Å². The van der Waals surface area contributed by atoms with E-state index < -0.39 is 0 Å². The maximum Gasteiger partial charge on any atom is 0.103 e. The fraction of sp³-hybridized carbons (Fsp3) is 0.0714. The molecule has 0 aromatic heterocycles. The maximum absolute atomic E-state index is 5.56. The van der Waals surface area contributed by atoms with Crippen LogP contribution in [0.5, 0.6) is 0 Å². The molecular weight excluding hydrogens is 308 g/mol. The van der Waals surface area contributed by atoms with Crippen LogP contribution in [0.2, 0.25) is 0 Å². The van der Waals surface area contributed by atoms with Gasteiger partial charge in [0.25, 0.3) is 0 Å². The molecular formula is C14H13BrN2S. The Kier molecular flexibility index (Phi) is 3.99. The van der Waals surface area contributed by atoms with Crippen LogP contribution in [0.25, 0.3) is 0 Å². The van der Waals surface area contributed by atoms with Crippen LogP contribution >= 0.6 is 28.1 Å². The number of halogens is 1. The van der Waals surface area contributed by atoms with Crippen molar-refractivity contribution in [3.8, 4) is 0 Å². The predicted octanol–water partition coefficient (Wildman–Crippen LogP) is 4.14. The van der Waals surface area contributed by atoms with Gasteiger partial charge in [-0.1, -0.05) is 28.1 Å². The Morgan fingerprint density at radius 2 is 1.72 bits per heavy atom. The average molecular weight is 321 g/mol. The fourth-order valence-electron chi connectivity index (χ4n) is 1.61. The molecule has 0 aliphatic heterocycles. The summed E-state index contributed by atoms with van der Waals surface area (Å²) in [6.07, 6.45) is 0. The molecule has 0 radical (unpaired) electrons. The Labute approximate surface area is 120 Å². The van der Waals surface area contributed by atoms with Gasteiger partial charge in [-0.2, -0.15) is 0 Å². The summed E-state index contributed by atoms with van der Waals surface area (Å²) < 4.78 is 1.11. The molecule has 3 N–H and O–H groups in total. The molecule has 0 saturated heterocycles. The lowest BCUT2D eigenvalue weighted by atomic mass is 10.2. The van der Waals surface area contributed by atoms with Gasteiger partial charge in [-0.15, -0.1) is 0 Å². The molecule has 0 saturated carbocycles. The molecule has 0 amide bonds. The molecule has 0 bridgehead atoms. The summed E-state index contributed by atoms with van der Waals surface area (Å²) in [5, 5.41) is 3.33. The van der Waals surface area contributed by atoms with Crippen molar-refractivity contribution in [2.75, 3.05) is 5.32 Å². The van der Waals surface area contributed by atoms with Crippen LogP contribution in [-0.4, -0.2) is 4.99 Å². The molecule has 0 spiro atoms. The molecule has 92 valence electrons. The van der Waals surface area contributed by atoms with Gasteiger partial charge in [0.15, 0.2) is 0 Å². The summed E-state index contributed by atoms with van der Waals surface area (Å²) in [6.45, 7) is 2.06. The van der Waals surface area contributed by atoms with Gasteiger partial charge < -0.3 is 11.1 Å². The van der Waals surface area contributed by atoms with Crippen molar-refractivity contribution in [3.63, 3.8) is 0 Å². The second-order valence-corrected chi connectivity index (χ2v) is 5.32. The third-order valence-corrected chi connectivity index (χ3v) is 3.74. The number of hydrogen-bond acceptors (Lipinski definition) is 2. The van der Waals surface area contributed by atoms with Gasteiger partial charge in [0, 0.05) is 21.4 Å². The molecule has 2 aromatic rings. The number of anilines is 2. The van der Waals surface area contributed by atoms with Crippen LogP contribution in [0.15, 0.2) is 46.9 Å². The number of hydrogen-bond donors (Lipinski definition) is 2. The van der Waals surface area contributed by atoms with Gasteiger partial charge >= 0.3 is 0 Å². The lowest BCUT2D eigenvalue weighted by Crippen LogP contribution is -2.08. The fourth-order valence-corrected chi connectivity index (χ4v) is 1.99. The Hall–Kier alpha value is -1.39. The molecule has 2 aromatic carbocycles. The summed E-state index contributed by atoms with van der Waals surface area (Å²) >= 11 is 8.40. The summed E-state index contributed by atoms with van der Waals surface area (Å²) in [5.74, 6) is 0. The van der Waals surface area contributed by atoms with Crippen LogP contribution in [-0.2, 0) is 0 Å². The van der Waals surface area contributed by atoms with E-state index in [0.717, 1.165) is 21.4 Å². The normalized spacial score (nSPS) is 10.1. The number of thiocarbonyl (C=S) groups is 1. The van der Waals surface area contributed by atoms with Gasteiger partial charge in [0.2, 0.25) is 0 Å². The molecule has 2 rings (SSSR count). The zero-order chi connectivity index (χ0) is 13.1. The highest BCUT2D eigenvalue weighted by atomic mass is 79.9. The van der Waals surface area contributed by atoms with Gasteiger partial charge in [-0.3, -0.25) is 0 Å². The molecule has 4 heteroatoms. The van der Waals surface area contributed by atoms with E-state index in [2.05, 4.69) is 34.2 Å². The monoisotopic (exact) mass is 320 g/mol. The Bertz CT molecular complexity index is 579. The van der Waals surface area contributed by atoms with E-state index in [1.54, 1.807) is 0 Å². The second kappa shape index (κ2) is 5.50. The molecule has 0 aliphatic carbocycles. The lowest BCUT2D eigenvalue weighted by molar-refractivity contribution is 1.41. The molecule has 18 heavy (non-hydrogen) atoms. The van der Waals surface area contributed by atoms with Crippen LogP contribution in [0, 0.1) is 6.92 Å². The molecule has 0 fully saturated rings. The molecule has 0 aliphatic rings. The molecule has 2 nitrogen and oxygen atoms in total. The highest BCUT2D eigenvalue weighted by molar-refractivity contribution is 9.10. The Morgan fingerprint density at radius 3 is 2.28 bits per heavy atom. The van der Waals surface area contributed by atoms with E-state index in [0.29, 0.717) is 4.99 Å². The molecule has 0 atom stereocenters. The van der Waals surface area contributed by atoms with Crippen molar-refractivity contribution in [1.82, 2.24) is 0 Å². The quantitative estimate of drug-likeness (QED) is 0.835. The van der Waals surface area contributed by atoms with Crippen molar-refractivity contribution in [3.05, 3.63) is 58.1 Å². The molecule has 0 unspecified atom stereocenters. The van der Waals surface area contributed by atoms with Crippen molar-refractivity contribution in [1.29, 1.82) is 0 Å². The van der Waals surface area contributed by atoms with E-state index in [9.17, 15) is 0 Å². The van der Waals surface area contributed by atoms with E-state index in [1.165, 1.54) is 5.56 Å². The zero-order valence-electron chi connectivity index (χ0n) is 9.91. The van der Waals surface area contributed by atoms with E-state index in [4.69, 9.17) is 18.0 Å². The van der Waals surface area contributed by atoms with Crippen LogP contribution in [0.4, 0.5) is 11.4 Å². The lowest BCUT2D eigenvalue weighted by Gasteiger charge is -2.08. The highest BCUT2D eigenvalue weighted by Crippen LogP contribution is 2.23. The summed E-state index contributed by atoms with van der Waals surface area (Å²) in [4.78, 5) is 0.418. The van der Waals surface area contributed by atoms with Gasteiger partial charge in [-0.05, 0) is 55.0 Å². The minimum Gasteiger partial charge on any atom is -0.389 e. The molecule has 0 heterocycles. The Balaban J connectivity index is 2.18. The van der Waals surface area contributed by atoms with Gasteiger partial charge in [0.05, 0.1) is 0 Å². The SMILES string of the molecule is Cc1cc(Nc2ccc(C(N)=S)cc2)ccc1Br. The van der Waals surface area contributed by atoms with Crippen molar-refractivity contribution >= 4 is 44.5 Å². The van der Waals surface area contributed by atoms with Crippen molar-refractivity contribution in [2.24, 2.45) is 5.73 Å². The third-order valence-electron chi connectivity index (χ3n) is 2.62. The van der Waals surface area contributed by atoms with Gasteiger partial charge in [-0.25, -0.2) is 0 Å². The van der Waals surface area contributed by atoms with Crippen molar-refractivity contribution < 1.29 is 0 Å². The third kappa shape index (κ3) is 3.09. The van der Waals surface area contributed by atoms with Gasteiger partial charge in [0.1, 0.15) is 4.99 Å². The van der Waals surface area contributed by atoms with Crippen molar-refractivity contribution in [2.45, 2.75) is 6.92 Å². The van der Waals surface area contributed by atoms with E-state index in [1.807, 2.05) is 36.4 Å². The number of benzene rings is 2. The first-order valence-corrected chi connectivity index (χ1v) is 6.69.